The SMILES string of the molecule is CCOC(=O)C(C(=Nc1c(I)c(=O)n(CCCO)c(=O)n1C)C(C)CCc1ccc(Cl)cc1)c1cccc(C(F)(F)F)c1. The molecule has 0 aliphatic heterocycles. The van der Waals surface area contributed by atoms with E-state index in [2.05, 4.69) is 0 Å². The summed E-state index contributed by atoms with van der Waals surface area (Å²) in [5, 5.41) is 9.76. The van der Waals surface area contributed by atoms with Crippen LogP contribution in [0.1, 0.15) is 49.3 Å². The van der Waals surface area contributed by atoms with Crippen molar-refractivity contribution in [1.82, 2.24) is 9.13 Å². The third kappa shape index (κ3) is 8.57. The number of carbonyl (C=O) groups excluding carboxylic acids is 1. The molecule has 1 N–H and O–H groups in total. The minimum Gasteiger partial charge on any atom is -0.465 e. The van der Waals surface area contributed by atoms with Gasteiger partial charge < -0.3 is 9.84 Å². The second-order valence-electron chi connectivity index (χ2n) is 9.92. The fourth-order valence-corrected chi connectivity index (χ4v) is 5.48. The summed E-state index contributed by atoms with van der Waals surface area (Å²) in [4.78, 5) is 44.5. The van der Waals surface area contributed by atoms with Gasteiger partial charge in [0.1, 0.15) is 9.49 Å². The maximum absolute atomic E-state index is 13.7. The molecule has 0 radical (unpaired) electrons. The third-order valence-electron chi connectivity index (χ3n) is 6.89. The van der Waals surface area contributed by atoms with E-state index < -0.39 is 40.8 Å². The van der Waals surface area contributed by atoms with Crippen molar-refractivity contribution >= 4 is 51.7 Å². The lowest BCUT2D eigenvalue weighted by molar-refractivity contribution is -0.143. The number of esters is 1. The van der Waals surface area contributed by atoms with Crippen LogP contribution in [-0.4, -0.2) is 39.1 Å². The van der Waals surface area contributed by atoms with Gasteiger partial charge in [-0.2, -0.15) is 13.2 Å². The second-order valence-corrected chi connectivity index (χ2v) is 11.4. The van der Waals surface area contributed by atoms with Crippen LogP contribution in [0.5, 0.6) is 0 Å². The Labute approximate surface area is 265 Å². The van der Waals surface area contributed by atoms with E-state index in [4.69, 9.17) is 21.3 Å². The number of halogens is 5. The topological polar surface area (TPSA) is 103 Å². The number of aliphatic imine (C=N–C) groups is 1. The van der Waals surface area contributed by atoms with Gasteiger partial charge in [0, 0.05) is 30.9 Å². The maximum atomic E-state index is 13.7. The number of hydrogen-bond donors (Lipinski definition) is 1. The second kappa shape index (κ2) is 15.2. The number of ether oxygens (including phenoxy) is 1. The number of carbonyl (C=O) groups is 1. The smallest absolute Gasteiger partial charge is 0.416 e. The summed E-state index contributed by atoms with van der Waals surface area (Å²) in [5.41, 5.74) is -1.15. The van der Waals surface area contributed by atoms with Crippen molar-refractivity contribution in [1.29, 1.82) is 0 Å². The maximum Gasteiger partial charge on any atom is 0.416 e. The van der Waals surface area contributed by atoms with E-state index in [-0.39, 0.29) is 46.8 Å². The van der Waals surface area contributed by atoms with E-state index in [0.29, 0.717) is 17.9 Å². The Kier molecular flexibility index (Phi) is 12.2. The molecule has 0 saturated heterocycles. The number of nitrogens with zero attached hydrogens (tertiary/aromatic N) is 3. The van der Waals surface area contributed by atoms with Gasteiger partial charge in [-0.15, -0.1) is 0 Å². The zero-order valence-corrected chi connectivity index (χ0v) is 26.7. The van der Waals surface area contributed by atoms with Gasteiger partial charge in [-0.25, -0.2) is 9.79 Å². The largest absolute Gasteiger partial charge is 0.465 e. The first kappa shape index (κ1) is 34.5. The Morgan fingerprint density at radius 1 is 1.16 bits per heavy atom. The predicted octanol–water partition coefficient (Wildman–Crippen LogP) is 5.89. The number of alkyl halides is 3. The van der Waals surface area contributed by atoms with Crippen molar-refractivity contribution in [3.05, 3.63) is 94.7 Å². The number of rotatable bonds is 12. The van der Waals surface area contributed by atoms with Crippen LogP contribution < -0.4 is 11.2 Å². The molecule has 0 saturated carbocycles. The first-order valence-electron chi connectivity index (χ1n) is 13.6. The first-order valence-corrected chi connectivity index (χ1v) is 15.0. The highest BCUT2D eigenvalue weighted by Gasteiger charge is 2.35. The molecule has 2 unspecified atom stereocenters. The number of aryl methyl sites for hydroxylation is 1. The molecule has 0 amide bonds. The highest BCUT2D eigenvalue weighted by Crippen LogP contribution is 2.34. The monoisotopic (exact) mass is 733 g/mol. The average molecular weight is 734 g/mol. The normalized spacial score (nSPS) is 13.6. The molecule has 1 aromatic heterocycles. The fourth-order valence-electron chi connectivity index (χ4n) is 4.58. The van der Waals surface area contributed by atoms with Crippen LogP contribution in [0, 0.1) is 9.49 Å². The highest BCUT2D eigenvalue weighted by molar-refractivity contribution is 14.1. The van der Waals surface area contributed by atoms with Crippen LogP contribution in [0.4, 0.5) is 19.0 Å². The van der Waals surface area contributed by atoms with Crippen LogP contribution in [0.2, 0.25) is 5.02 Å². The lowest BCUT2D eigenvalue weighted by atomic mass is 9.84. The minimum atomic E-state index is -4.66. The van der Waals surface area contributed by atoms with E-state index in [0.717, 1.165) is 26.8 Å². The molecule has 0 fully saturated rings. The molecule has 232 valence electrons. The van der Waals surface area contributed by atoms with Gasteiger partial charge in [-0.1, -0.05) is 48.9 Å². The molecule has 13 heteroatoms. The Hall–Kier alpha value is -2.97. The molecule has 1 heterocycles. The van der Waals surface area contributed by atoms with E-state index in [1.54, 1.807) is 48.6 Å². The van der Waals surface area contributed by atoms with Crippen LogP contribution in [0.3, 0.4) is 0 Å². The molecule has 43 heavy (non-hydrogen) atoms. The van der Waals surface area contributed by atoms with Crippen molar-refractivity contribution in [2.45, 2.75) is 51.7 Å². The van der Waals surface area contributed by atoms with Gasteiger partial charge in [-0.3, -0.25) is 18.7 Å². The quantitative estimate of drug-likeness (QED) is 0.142. The van der Waals surface area contributed by atoms with Gasteiger partial charge in [0.05, 0.1) is 12.2 Å². The van der Waals surface area contributed by atoms with Crippen LogP contribution in [-0.2, 0) is 35.7 Å². The molecule has 2 atom stereocenters. The number of aliphatic hydroxyl groups excluding tert-OH is 1. The molecule has 0 spiro atoms. The molecule has 0 aliphatic carbocycles. The van der Waals surface area contributed by atoms with Crippen LogP contribution in [0.25, 0.3) is 0 Å². The summed E-state index contributed by atoms with van der Waals surface area (Å²) in [6, 6.07) is 11.6. The Morgan fingerprint density at radius 3 is 2.44 bits per heavy atom. The number of benzene rings is 2. The summed E-state index contributed by atoms with van der Waals surface area (Å²) in [6.07, 6.45) is -3.53. The van der Waals surface area contributed by atoms with Crippen LogP contribution in [0.15, 0.2) is 63.1 Å². The van der Waals surface area contributed by atoms with Crippen molar-refractivity contribution in [2.75, 3.05) is 13.2 Å². The molecule has 3 rings (SSSR count). The number of hydrogen-bond acceptors (Lipinski definition) is 6. The number of aromatic nitrogens is 2. The Bertz CT molecular complexity index is 1550. The molecular formula is C30H32ClF3IN3O5. The molecule has 3 aromatic rings. The van der Waals surface area contributed by atoms with Gasteiger partial charge in [0.25, 0.3) is 5.56 Å². The average Bonchev–Trinajstić information content (AvgIpc) is 2.97. The molecule has 0 bridgehead atoms. The van der Waals surface area contributed by atoms with Crippen LogP contribution >= 0.6 is 34.2 Å². The summed E-state index contributed by atoms with van der Waals surface area (Å²) >= 11 is 7.77. The summed E-state index contributed by atoms with van der Waals surface area (Å²) in [5.74, 6) is -2.71. The molecular weight excluding hydrogens is 702 g/mol. The van der Waals surface area contributed by atoms with Gasteiger partial charge >= 0.3 is 17.8 Å². The standard InChI is InChI=1S/C30H32ClF3IN3O5/c1-4-43-28(41)23(20-7-5-8-21(17-20)30(32,33)34)25(18(2)9-10-19-11-13-22(31)14-12-19)36-26-24(35)27(40)38(15-6-16-39)29(42)37(26)3/h5,7-8,11-14,17-18,23,39H,4,6,9-10,15-16H2,1-3H3. The summed E-state index contributed by atoms with van der Waals surface area (Å²) in [6.45, 7) is 3.10. The van der Waals surface area contributed by atoms with E-state index >= 15 is 0 Å². The summed E-state index contributed by atoms with van der Waals surface area (Å²) in [7, 11) is 1.41. The zero-order chi connectivity index (χ0) is 31.9. The molecule has 2 aromatic carbocycles. The van der Waals surface area contributed by atoms with E-state index in [1.165, 1.54) is 19.2 Å². The van der Waals surface area contributed by atoms with Gasteiger partial charge in [0.2, 0.25) is 0 Å². The highest BCUT2D eigenvalue weighted by atomic mass is 127. The Morgan fingerprint density at radius 2 is 1.84 bits per heavy atom. The van der Waals surface area contributed by atoms with Gasteiger partial charge in [-0.05, 0) is 84.0 Å². The van der Waals surface area contributed by atoms with Crippen molar-refractivity contribution in [2.24, 2.45) is 18.0 Å². The lowest BCUT2D eigenvalue weighted by Crippen LogP contribution is -2.40. The van der Waals surface area contributed by atoms with E-state index in [1.807, 2.05) is 12.1 Å². The van der Waals surface area contributed by atoms with Crippen molar-refractivity contribution in [3.8, 4) is 0 Å². The fraction of sp³-hybridized carbons (Fsp3) is 0.400. The zero-order valence-electron chi connectivity index (χ0n) is 23.8. The molecule has 8 nitrogen and oxygen atoms in total. The van der Waals surface area contributed by atoms with Crippen molar-refractivity contribution in [3.63, 3.8) is 0 Å². The molecule has 0 aliphatic rings. The third-order valence-corrected chi connectivity index (χ3v) is 8.08. The van der Waals surface area contributed by atoms with Gasteiger partial charge in [0.15, 0.2) is 5.82 Å². The number of aliphatic hydroxyl groups is 1. The van der Waals surface area contributed by atoms with E-state index in [9.17, 15) is 32.7 Å². The Balaban J connectivity index is 2.26. The predicted molar refractivity (Wildman–Crippen MR) is 167 cm³/mol. The minimum absolute atomic E-state index is 0.0119. The summed E-state index contributed by atoms with van der Waals surface area (Å²) < 4.78 is 48.6. The lowest BCUT2D eigenvalue weighted by Gasteiger charge is -2.25. The first-order chi connectivity index (χ1) is 20.3. The van der Waals surface area contributed by atoms with Crippen molar-refractivity contribution < 1.29 is 27.8 Å².